The van der Waals surface area contributed by atoms with E-state index in [1.165, 1.54) is 11.1 Å². The van der Waals surface area contributed by atoms with Gasteiger partial charge in [-0.3, -0.25) is 9.69 Å². The minimum absolute atomic E-state index is 0.226. The van der Waals surface area contributed by atoms with E-state index in [1.807, 2.05) is 11.0 Å². The van der Waals surface area contributed by atoms with Crippen molar-refractivity contribution in [3.63, 3.8) is 0 Å². The molecule has 4 rings (SSSR count). The second-order valence-electron chi connectivity index (χ2n) is 7.24. The fourth-order valence-electron chi connectivity index (χ4n) is 3.47. The van der Waals surface area contributed by atoms with E-state index in [2.05, 4.69) is 48.2 Å². The molecule has 2 heterocycles. The third-order valence-corrected chi connectivity index (χ3v) is 6.12. The Labute approximate surface area is 170 Å². The van der Waals surface area contributed by atoms with E-state index in [9.17, 15) is 4.79 Å². The molecular weight excluding hydrogens is 372 g/mol. The molecule has 5 nitrogen and oxygen atoms in total. The van der Waals surface area contributed by atoms with Crippen LogP contribution in [0.4, 0.5) is 0 Å². The summed E-state index contributed by atoms with van der Waals surface area (Å²) in [5.74, 6) is 2.40. The summed E-state index contributed by atoms with van der Waals surface area (Å²) in [7, 11) is 0. The van der Waals surface area contributed by atoms with Crippen LogP contribution in [0.15, 0.2) is 47.4 Å². The van der Waals surface area contributed by atoms with Gasteiger partial charge in [-0.25, -0.2) is 0 Å². The molecule has 2 aliphatic rings. The number of piperazine rings is 1. The van der Waals surface area contributed by atoms with Crippen LogP contribution in [0.2, 0.25) is 0 Å². The van der Waals surface area contributed by atoms with Crippen LogP contribution in [0.25, 0.3) is 0 Å². The summed E-state index contributed by atoms with van der Waals surface area (Å²) in [5, 5.41) is 0. The molecule has 0 spiro atoms. The van der Waals surface area contributed by atoms with Crippen molar-refractivity contribution < 1.29 is 14.3 Å². The van der Waals surface area contributed by atoms with Crippen molar-refractivity contribution in [2.75, 3.05) is 45.1 Å². The van der Waals surface area contributed by atoms with Crippen molar-refractivity contribution in [3.8, 4) is 11.5 Å². The van der Waals surface area contributed by atoms with Crippen LogP contribution < -0.4 is 9.47 Å². The Morgan fingerprint density at radius 3 is 2.43 bits per heavy atom. The Kier molecular flexibility index (Phi) is 6.07. The standard InChI is InChI=1S/C22H26N2O3S/c1-17-2-5-19(6-3-17)28-16-22(25)24-10-8-23(9-11-24)15-18-4-7-20-21(14-18)27-13-12-26-20/h2-7,14H,8-13,15-16H2,1H3. The number of amides is 1. The number of hydrogen-bond acceptors (Lipinski definition) is 5. The summed E-state index contributed by atoms with van der Waals surface area (Å²) >= 11 is 1.62. The number of carbonyl (C=O) groups is 1. The van der Waals surface area contributed by atoms with Crippen LogP contribution in [0.1, 0.15) is 11.1 Å². The molecule has 0 aliphatic carbocycles. The molecule has 1 fully saturated rings. The van der Waals surface area contributed by atoms with Gasteiger partial charge in [0.25, 0.3) is 0 Å². The van der Waals surface area contributed by atoms with Gasteiger partial charge in [-0.2, -0.15) is 0 Å². The van der Waals surface area contributed by atoms with Gasteiger partial charge in [-0.05, 0) is 36.8 Å². The van der Waals surface area contributed by atoms with Crippen LogP contribution in [0.3, 0.4) is 0 Å². The molecule has 0 aromatic heterocycles. The van der Waals surface area contributed by atoms with E-state index in [-0.39, 0.29) is 5.91 Å². The summed E-state index contributed by atoms with van der Waals surface area (Å²) in [6.07, 6.45) is 0. The first-order valence-electron chi connectivity index (χ1n) is 9.75. The highest BCUT2D eigenvalue weighted by Gasteiger charge is 2.21. The lowest BCUT2D eigenvalue weighted by molar-refractivity contribution is -0.130. The summed E-state index contributed by atoms with van der Waals surface area (Å²) in [4.78, 5) is 18.0. The van der Waals surface area contributed by atoms with Crippen LogP contribution >= 0.6 is 11.8 Å². The molecule has 1 amide bonds. The molecule has 1 saturated heterocycles. The first-order chi connectivity index (χ1) is 13.7. The second-order valence-corrected chi connectivity index (χ2v) is 8.29. The monoisotopic (exact) mass is 398 g/mol. The van der Waals surface area contributed by atoms with Crippen molar-refractivity contribution >= 4 is 17.7 Å². The average molecular weight is 399 g/mol. The maximum absolute atomic E-state index is 12.5. The first kappa shape index (κ1) is 19.2. The number of carbonyl (C=O) groups excluding carboxylic acids is 1. The minimum Gasteiger partial charge on any atom is -0.486 e. The topological polar surface area (TPSA) is 42.0 Å². The lowest BCUT2D eigenvalue weighted by Crippen LogP contribution is -2.48. The molecule has 0 N–H and O–H groups in total. The molecule has 0 atom stereocenters. The van der Waals surface area contributed by atoms with Crippen LogP contribution in [0, 0.1) is 6.92 Å². The van der Waals surface area contributed by atoms with Gasteiger partial charge in [0.05, 0.1) is 5.75 Å². The van der Waals surface area contributed by atoms with Gasteiger partial charge >= 0.3 is 0 Å². The zero-order chi connectivity index (χ0) is 19.3. The second kappa shape index (κ2) is 8.88. The number of thioether (sulfide) groups is 1. The highest BCUT2D eigenvalue weighted by atomic mass is 32.2. The van der Waals surface area contributed by atoms with E-state index in [4.69, 9.17) is 9.47 Å². The molecular formula is C22H26N2O3S. The predicted molar refractivity (Wildman–Crippen MR) is 111 cm³/mol. The van der Waals surface area contributed by atoms with Gasteiger partial charge in [0, 0.05) is 37.6 Å². The molecule has 148 valence electrons. The zero-order valence-electron chi connectivity index (χ0n) is 16.2. The molecule has 0 radical (unpaired) electrons. The van der Waals surface area contributed by atoms with Crippen molar-refractivity contribution in [3.05, 3.63) is 53.6 Å². The highest BCUT2D eigenvalue weighted by molar-refractivity contribution is 8.00. The first-order valence-corrected chi connectivity index (χ1v) is 10.7. The molecule has 0 bridgehead atoms. The van der Waals surface area contributed by atoms with Gasteiger partial charge in [-0.15, -0.1) is 11.8 Å². The Bertz CT molecular complexity index is 817. The summed E-state index contributed by atoms with van der Waals surface area (Å²) in [6.45, 7) is 7.55. The number of fused-ring (bicyclic) bond motifs is 1. The van der Waals surface area contributed by atoms with Crippen molar-refractivity contribution in [1.29, 1.82) is 0 Å². The maximum atomic E-state index is 12.5. The Hall–Kier alpha value is -2.18. The van der Waals surface area contributed by atoms with Gasteiger partial charge < -0.3 is 14.4 Å². The van der Waals surface area contributed by atoms with Gasteiger partial charge in [-0.1, -0.05) is 23.8 Å². The lowest BCUT2D eigenvalue weighted by atomic mass is 10.1. The Morgan fingerprint density at radius 1 is 0.964 bits per heavy atom. The smallest absolute Gasteiger partial charge is 0.233 e. The summed E-state index contributed by atoms with van der Waals surface area (Å²) in [5.41, 5.74) is 2.46. The third-order valence-electron chi connectivity index (χ3n) is 5.12. The van der Waals surface area contributed by atoms with E-state index < -0.39 is 0 Å². The number of rotatable bonds is 5. The van der Waals surface area contributed by atoms with Crippen molar-refractivity contribution in [2.45, 2.75) is 18.4 Å². The fraction of sp³-hybridized carbons (Fsp3) is 0.409. The molecule has 28 heavy (non-hydrogen) atoms. The molecule has 0 unspecified atom stereocenters. The quantitative estimate of drug-likeness (QED) is 0.724. The van der Waals surface area contributed by atoms with Gasteiger partial charge in [0.1, 0.15) is 13.2 Å². The van der Waals surface area contributed by atoms with Crippen molar-refractivity contribution in [1.82, 2.24) is 9.80 Å². The predicted octanol–water partition coefficient (Wildman–Crippen LogP) is 3.20. The number of nitrogens with zero attached hydrogens (tertiary/aromatic N) is 2. The van der Waals surface area contributed by atoms with E-state index in [1.54, 1.807) is 11.8 Å². The van der Waals surface area contributed by atoms with Crippen LogP contribution in [-0.2, 0) is 11.3 Å². The summed E-state index contributed by atoms with van der Waals surface area (Å²) in [6, 6.07) is 14.5. The number of aryl methyl sites for hydroxylation is 1. The SMILES string of the molecule is Cc1ccc(SCC(=O)N2CCN(Cc3ccc4c(c3)OCCO4)CC2)cc1. The third kappa shape index (κ3) is 4.80. The largest absolute Gasteiger partial charge is 0.486 e. The van der Waals surface area contributed by atoms with E-state index >= 15 is 0 Å². The van der Waals surface area contributed by atoms with Gasteiger partial charge in [0.15, 0.2) is 11.5 Å². The zero-order valence-corrected chi connectivity index (χ0v) is 17.0. The molecule has 2 aromatic rings. The van der Waals surface area contributed by atoms with Crippen LogP contribution in [0.5, 0.6) is 11.5 Å². The maximum Gasteiger partial charge on any atom is 0.233 e. The minimum atomic E-state index is 0.226. The fourth-order valence-corrected chi connectivity index (χ4v) is 4.27. The van der Waals surface area contributed by atoms with Crippen molar-refractivity contribution in [2.24, 2.45) is 0 Å². The summed E-state index contributed by atoms with van der Waals surface area (Å²) < 4.78 is 11.3. The normalized spacial score (nSPS) is 16.8. The molecule has 2 aliphatic heterocycles. The molecule has 6 heteroatoms. The highest BCUT2D eigenvalue weighted by Crippen LogP contribution is 2.31. The lowest BCUT2D eigenvalue weighted by Gasteiger charge is -2.35. The Balaban J connectivity index is 1.24. The van der Waals surface area contributed by atoms with E-state index in [0.717, 1.165) is 49.1 Å². The van der Waals surface area contributed by atoms with E-state index in [0.29, 0.717) is 19.0 Å². The number of ether oxygens (including phenoxy) is 2. The number of benzene rings is 2. The molecule has 0 saturated carbocycles. The van der Waals surface area contributed by atoms with Crippen LogP contribution in [-0.4, -0.2) is 60.9 Å². The molecule has 2 aromatic carbocycles. The number of hydrogen-bond donors (Lipinski definition) is 0. The van der Waals surface area contributed by atoms with Gasteiger partial charge in [0.2, 0.25) is 5.91 Å². The average Bonchev–Trinajstić information content (AvgIpc) is 2.73. The Morgan fingerprint density at radius 2 is 1.68 bits per heavy atom.